The molecule has 110 valence electrons. The normalized spacial score (nSPS) is 15.1. The van der Waals surface area contributed by atoms with Crippen molar-refractivity contribution in [2.75, 3.05) is 20.3 Å². The third kappa shape index (κ3) is 2.81. The van der Waals surface area contributed by atoms with Gasteiger partial charge in [-0.2, -0.15) is 0 Å². The number of hydrogen-bond donors (Lipinski definition) is 1. The summed E-state index contributed by atoms with van der Waals surface area (Å²) in [6.07, 6.45) is 0.0947. The number of para-hydroxylation sites is 1. The largest absolute Gasteiger partial charge is 0.496 e. The number of hydrogen-bond acceptors (Lipinski definition) is 4. The van der Waals surface area contributed by atoms with Crippen molar-refractivity contribution in [3.8, 4) is 17.2 Å². The summed E-state index contributed by atoms with van der Waals surface area (Å²) >= 11 is 0. The first kappa shape index (κ1) is 13.8. The Morgan fingerprint density at radius 2 is 1.81 bits per heavy atom. The van der Waals surface area contributed by atoms with Crippen molar-refractivity contribution in [1.29, 1.82) is 0 Å². The monoisotopic (exact) mass is 286 g/mol. The Labute approximate surface area is 123 Å². The van der Waals surface area contributed by atoms with E-state index >= 15 is 0 Å². The number of aliphatic hydroxyl groups excluding tert-OH is 1. The molecule has 0 bridgehead atoms. The van der Waals surface area contributed by atoms with Crippen LogP contribution in [0.15, 0.2) is 42.5 Å². The SMILES string of the molecule is COc1ccccc1C(O)c1ccc2c(c1)OCCCO2. The smallest absolute Gasteiger partial charge is 0.161 e. The zero-order valence-corrected chi connectivity index (χ0v) is 11.9. The third-order valence-electron chi connectivity index (χ3n) is 3.52. The number of benzene rings is 2. The molecule has 4 nitrogen and oxygen atoms in total. The van der Waals surface area contributed by atoms with Gasteiger partial charge >= 0.3 is 0 Å². The lowest BCUT2D eigenvalue weighted by molar-refractivity contribution is 0.214. The van der Waals surface area contributed by atoms with E-state index in [9.17, 15) is 5.11 Å². The number of ether oxygens (including phenoxy) is 3. The van der Waals surface area contributed by atoms with Gasteiger partial charge in [0.2, 0.25) is 0 Å². The maximum Gasteiger partial charge on any atom is 0.161 e. The Morgan fingerprint density at radius 3 is 2.62 bits per heavy atom. The van der Waals surface area contributed by atoms with E-state index in [0.29, 0.717) is 24.7 Å². The molecule has 21 heavy (non-hydrogen) atoms. The molecular formula is C17H18O4. The molecule has 0 saturated heterocycles. The van der Waals surface area contributed by atoms with E-state index < -0.39 is 6.10 Å². The van der Waals surface area contributed by atoms with E-state index in [1.807, 2.05) is 42.5 Å². The molecule has 2 aromatic rings. The fourth-order valence-corrected chi connectivity index (χ4v) is 2.42. The topological polar surface area (TPSA) is 47.9 Å². The number of fused-ring (bicyclic) bond motifs is 1. The minimum atomic E-state index is -0.765. The van der Waals surface area contributed by atoms with Crippen molar-refractivity contribution in [1.82, 2.24) is 0 Å². The molecule has 3 rings (SSSR count). The predicted octanol–water partition coefficient (Wildman–Crippen LogP) is 2.94. The molecular weight excluding hydrogens is 268 g/mol. The third-order valence-corrected chi connectivity index (χ3v) is 3.52. The highest BCUT2D eigenvalue weighted by atomic mass is 16.5. The van der Waals surface area contributed by atoms with E-state index in [-0.39, 0.29) is 0 Å². The summed E-state index contributed by atoms with van der Waals surface area (Å²) in [5.41, 5.74) is 1.48. The molecule has 0 fully saturated rings. The minimum absolute atomic E-state index is 0.626. The van der Waals surface area contributed by atoms with Crippen LogP contribution in [0.5, 0.6) is 17.2 Å². The van der Waals surface area contributed by atoms with Crippen LogP contribution < -0.4 is 14.2 Å². The van der Waals surface area contributed by atoms with Crippen LogP contribution in [0.1, 0.15) is 23.7 Å². The Morgan fingerprint density at radius 1 is 1.05 bits per heavy atom. The second kappa shape index (κ2) is 6.06. The van der Waals surface area contributed by atoms with Crippen LogP contribution in [-0.4, -0.2) is 25.4 Å². The minimum Gasteiger partial charge on any atom is -0.496 e. The number of methoxy groups -OCH3 is 1. The molecule has 1 aliphatic heterocycles. The van der Waals surface area contributed by atoms with Crippen LogP contribution in [-0.2, 0) is 0 Å². The maximum absolute atomic E-state index is 10.6. The molecule has 1 N–H and O–H groups in total. The highest BCUT2D eigenvalue weighted by Crippen LogP contribution is 2.36. The first-order valence-corrected chi connectivity index (χ1v) is 7.00. The Hall–Kier alpha value is -2.20. The average molecular weight is 286 g/mol. The molecule has 1 aliphatic rings. The van der Waals surface area contributed by atoms with Gasteiger partial charge in [-0.1, -0.05) is 24.3 Å². The molecule has 1 unspecified atom stereocenters. The maximum atomic E-state index is 10.6. The molecule has 0 spiro atoms. The fraction of sp³-hybridized carbons (Fsp3) is 0.294. The lowest BCUT2D eigenvalue weighted by Gasteiger charge is -2.16. The molecule has 0 aliphatic carbocycles. The van der Waals surface area contributed by atoms with Crippen LogP contribution in [0, 0.1) is 0 Å². The summed E-state index contributed by atoms with van der Waals surface area (Å²) in [7, 11) is 1.60. The summed E-state index contributed by atoms with van der Waals surface area (Å²) in [6.45, 7) is 1.28. The average Bonchev–Trinajstić information content (AvgIpc) is 2.78. The Kier molecular flexibility index (Phi) is 3.97. The Bertz CT molecular complexity index is 624. The summed E-state index contributed by atoms with van der Waals surface area (Å²) in [5.74, 6) is 2.07. The van der Waals surface area contributed by atoms with Gasteiger partial charge in [0, 0.05) is 12.0 Å². The second-order valence-electron chi connectivity index (χ2n) is 4.90. The van der Waals surface area contributed by atoms with Crippen LogP contribution in [0.2, 0.25) is 0 Å². The predicted molar refractivity (Wildman–Crippen MR) is 79.1 cm³/mol. The quantitative estimate of drug-likeness (QED) is 0.942. The standard InChI is InChI=1S/C17H18O4/c1-19-14-6-3-2-5-13(14)17(18)12-7-8-15-16(11-12)21-10-4-9-20-15/h2-3,5-8,11,17-18H,4,9-10H2,1H3. The van der Waals surface area contributed by atoms with Crippen molar-refractivity contribution in [3.05, 3.63) is 53.6 Å². The first-order valence-electron chi connectivity index (χ1n) is 7.00. The van der Waals surface area contributed by atoms with Gasteiger partial charge in [0.15, 0.2) is 11.5 Å². The first-order chi connectivity index (χ1) is 10.3. The summed E-state index contributed by atoms with van der Waals surface area (Å²) in [4.78, 5) is 0. The summed E-state index contributed by atoms with van der Waals surface area (Å²) in [6, 6.07) is 13.0. The van der Waals surface area contributed by atoms with Crippen molar-refractivity contribution in [2.24, 2.45) is 0 Å². The van der Waals surface area contributed by atoms with Crippen LogP contribution in [0.3, 0.4) is 0 Å². The Balaban J connectivity index is 1.94. The number of rotatable bonds is 3. The van der Waals surface area contributed by atoms with Crippen molar-refractivity contribution < 1.29 is 19.3 Å². The highest BCUT2D eigenvalue weighted by molar-refractivity contribution is 5.47. The zero-order valence-electron chi connectivity index (χ0n) is 11.9. The van der Waals surface area contributed by atoms with E-state index in [1.165, 1.54) is 0 Å². The van der Waals surface area contributed by atoms with Gasteiger partial charge in [0.05, 0.1) is 20.3 Å². The zero-order chi connectivity index (χ0) is 14.7. The molecule has 4 heteroatoms. The molecule has 1 heterocycles. The molecule has 0 aromatic heterocycles. The summed E-state index contributed by atoms with van der Waals surface area (Å²) < 4.78 is 16.6. The molecule has 0 saturated carbocycles. The fourth-order valence-electron chi connectivity index (χ4n) is 2.42. The second-order valence-corrected chi connectivity index (χ2v) is 4.90. The molecule has 0 amide bonds. The van der Waals surface area contributed by atoms with Gasteiger partial charge in [-0.05, 0) is 23.8 Å². The number of aliphatic hydroxyl groups is 1. The highest BCUT2D eigenvalue weighted by Gasteiger charge is 2.18. The molecule has 1 atom stereocenters. The lowest BCUT2D eigenvalue weighted by Crippen LogP contribution is -2.03. The van der Waals surface area contributed by atoms with Gasteiger partial charge < -0.3 is 19.3 Å². The van der Waals surface area contributed by atoms with Crippen molar-refractivity contribution >= 4 is 0 Å². The van der Waals surface area contributed by atoms with Crippen LogP contribution in [0.4, 0.5) is 0 Å². The van der Waals surface area contributed by atoms with Crippen LogP contribution in [0.25, 0.3) is 0 Å². The summed E-state index contributed by atoms with van der Waals surface area (Å²) in [5, 5.41) is 10.6. The van der Waals surface area contributed by atoms with E-state index in [4.69, 9.17) is 14.2 Å². The van der Waals surface area contributed by atoms with Gasteiger partial charge in [-0.15, -0.1) is 0 Å². The van der Waals surface area contributed by atoms with E-state index in [1.54, 1.807) is 7.11 Å². The van der Waals surface area contributed by atoms with E-state index in [2.05, 4.69) is 0 Å². The van der Waals surface area contributed by atoms with Gasteiger partial charge in [-0.3, -0.25) is 0 Å². The van der Waals surface area contributed by atoms with Crippen molar-refractivity contribution in [2.45, 2.75) is 12.5 Å². The van der Waals surface area contributed by atoms with Crippen molar-refractivity contribution in [3.63, 3.8) is 0 Å². The molecule has 0 radical (unpaired) electrons. The van der Waals surface area contributed by atoms with Gasteiger partial charge in [-0.25, -0.2) is 0 Å². The molecule has 2 aromatic carbocycles. The van der Waals surface area contributed by atoms with E-state index in [0.717, 1.165) is 23.3 Å². The van der Waals surface area contributed by atoms with Crippen LogP contribution >= 0.6 is 0 Å². The van der Waals surface area contributed by atoms with Gasteiger partial charge in [0.1, 0.15) is 11.9 Å². The lowest BCUT2D eigenvalue weighted by atomic mass is 10.0. The van der Waals surface area contributed by atoms with Gasteiger partial charge in [0.25, 0.3) is 0 Å².